The van der Waals surface area contributed by atoms with E-state index in [0.29, 0.717) is 6.04 Å². The van der Waals surface area contributed by atoms with Gasteiger partial charge in [0.15, 0.2) is 0 Å². The zero-order valence-corrected chi connectivity index (χ0v) is 12.0. The first kappa shape index (κ1) is 12.0. The van der Waals surface area contributed by atoms with E-state index in [1.807, 2.05) is 10.9 Å². The Morgan fingerprint density at radius 1 is 1.15 bits per heavy atom. The molecule has 0 fully saturated rings. The van der Waals surface area contributed by atoms with Gasteiger partial charge in [0.2, 0.25) is 0 Å². The number of anilines is 1. The lowest BCUT2D eigenvalue weighted by molar-refractivity contribution is 0.571. The molecule has 0 saturated heterocycles. The summed E-state index contributed by atoms with van der Waals surface area (Å²) in [6.45, 7) is 0. The summed E-state index contributed by atoms with van der Waals surface area (Å²) in [5.74, 6) is 0. The van der Waals surface area contributed by atoms with Crippen molar-refractivity contribution in [3.05, 3.63) is 46.8 Å². The number of benzene rings is 1. The second-order valence-corrected chi connectivity index (χ2v) is 6.10. The third kappa shape index (κ3) is 1.92. The molecule has 1 N–H and O–H groups in total. The smallest absolute Gasteiger partial charge is 0.0547 e. The summed E-state index contributed by atoms with van der Waals surface area (Å²) in [5, 5.41) is 8.15. The van der Waals surface area contributed by atoms with Gasteiger partial charge in [-0.05, 0) is 61.8 Å². The molecule has 104 valence electrons. The molecule has 1 heterocycles. The average Bonchev–Trinajstić information content (AvgIpc) is 3.06. The SMILES string of the molecule is Cn1ncc2c1CCCC2Nc1ccc2c(c1)CCC2. The molecule has 3 heteroatoms. The largest absolute Gasteiger partial charge is 0.378 e. The van der Waals surface area contributed by atoms with E-state index in [-0.39, 0.29) is 0 Å². The Hall–Kier alpha value is -1.77. The first-order chi connectivity index (χ1) is 9.81. The lowest BCUT2D eigenvalue weighted by Gasteiger charge is -2.25. The fourth-order valence-corrected chi connectivity index (χ4v) is 3.72. The highest BCUT2D eigenvalue weighted by Gasteiger charge is 2.23. The molecule has 0 spiro atoms. The van der Waals surface area contributed by atoms with Gasteiger partial charge in [0, 0.05) is 24.0 Å². The van der Waals surface area contributed by atoms with Gasteiger partial charge in [-0.2, -0.15) is 5.10 Å². The maximum Gasteiger partial charge on any atom is 0.0547 e. The molecule has 2 aliphatic carbocycles. The molecule has 1 aromatic carbocycles. The summed E-state index contributed by atoms with van der Waals surface area (Å²) < 4.78 is 2.03. The van der Waals surface area contributed by atoms with Crippen LogP contribution >= 0.6 is 0 Å². The van der Waals surface area contributed by atoms with E-state index in [1.165, 1.54) is 54.6 Å². The van der Waals surface area contributed by atoms with Gasteiger partial charge in [0.1, 0.15) is 0 Å². The maximum absolute atomic E-state index is 4.42. The quantitative estimate of drug-likeness (QED) is 0.903. The number of nitrogens with one attached hydrogen (secondary N) is 1. The molecule has 2 aliphatic rings. The maximum atomic E-state index is 4.42. The fraction of sp³-hybridized carbons (Fsp3) is 0.471. The minimum atomic E-state index is 0.423. The Morgan fingerprint density at radius 3 is 3.00 bits per heavy atom. The summed E-state index contributed by atoms with van der Waals surface area (Å²) in [7, 11) is 2.05. The van der Waals surface area contributed by atoms with Crippen LogP contribution in [0.3, 0.4) is 0 Å². The molecule has 20 heavy (non-hydrogen) atoms. The van der Waals surface area contributed by atoms with Crippen molar-refractivity contribution in [3.8, 4) is 0 Å². The van der Waals surface area contributed by atoms with Gasteiger partial charge in [0.25, 0.3) is 0 Å². The van der Waals surface area contributed by atoms with Crippen LogP contribution in [0.25, 0.3) is 0 Å². The van der Waals surface area contributed by atoms with Crippen LogP contribution in [0.1, 0.15) is 47.7 Å². The Balaban J connectivity index is 1.61. The van der Waals surface area contributed by atoms with Crippen molar-refractivity contribution in [2.75, 3.05) is 5.32 Å². The van der Waals surface area contributed by atoms with E-state index in [4.69, 9.17) is 0 Å². The molecular weight excluding hydrogens is 246 g/mol. The van der Waals surface area contributed by atoms with Crippen LogP contribution in [0.4, 0.5) is 5.69 Å². The number of hydrogen-bond donors (Lipinski definition) is 1. The van der Waals surface area contributed by atoms with Gasteiger partial charge >= 0.3 is 0 Å². The number of fused-ring (bicyclic) bond motifs is 2. The molecule has 1 unspecified atom stereocenters. The standard InChI is InChI=1S/C17H21N3/c1-20-17-7-3-6-16(15(17)11-18-20)19-14-9-8-12-4-2-5-13(12)10-14/h8-11,16,19H,2-7H2,1H3. The number of nitrogens with zero attached hydrogens (tertiary/aromatic N) is 2. The van der Waals surface area contributed by atoms with Crippen LogP contribution in [0.2, 0.25) is 0 Å². The number of rotatable bonds is 2. The number of aromatic nitrogens is 2. The normalized spacial score (nSPS) is 20.6. The third-order valence-electron chi connectivity index (χ3n) is 4.82. The Labute approximate surface area is 120 Å². The molecular formula is C17H21N3. The average molecular weight is 267 g/mol. The molecule has 0 bridgehead atoms. The summed E-state index contributed by atoms with van der Waals surface area (Å²) in [6, 6.07) is 7.33. The van der Waals surface area contributed by atoms with Crippen molar-refractivity contribution in [3.63, 3.8) is 0 Å². The highest BCUT2D eigenvalue weighted by Crippen LogP contribution is 2.33. The van der Waals surface area contributed by atoms with E-state index in [1.54, 1.807) is 5.56 Å². The van der Waals surface area contributed by atoms with Crippen molar-refractivity contribution >= 4 is 5.69 Å². The van der Waals surface area contributed by atoms with Crippen molar-refractivity contribution in [2.45, 2.75) is 44.6 Å². The monoisotopic (exact) mass is 267 g/mol. The van der Waals surface area contributed by atoms with E-state index in [9.17, 15) is 0 Å². The topological polar surface area (TPSA) is 29.9 Å². The third-order valence-corrected chi connectivity index (χ3v) is 4.82. The molecule has 2 aromatic rings. The summed E-state index contributed by atoms with van der Waals surface area (Å²) in [5.41, 5.74) is 7.14. The Bertz CT molecular complexity index is 642. The van der Waals surface area contributed by atoms with Gasteiger partial charge in [-0.3, -0.25) is 4.68 Å². The molecule has 1 aromatic heterocycles. The van der Waals surface area contributed by atoms with E-state index in [2.05, 4.69) is 35.7 Å². The molecule has 0 amide bonds. The number of aryl methyl sites for hydroxylation is 3. The van der Waals surface area contributed by atoms with Gasteiger partial charge in [-0.1, -0.05) is 6.07 Å². The molecule has 1 atom stereocenters. The fourth-order valence-electron chi connectivity index (χ4n) is 3.72. The lowest BCUT2D eigenvalue weighted by atomic mass is 9.92. The first-order valence-electron chi connectivity index (χ1n) is 7.70. The summed E-state index contributed by atoms with van der Waals surface area (Å²) in [6.07, 6.45) is 9.47. The Morgan fingerprint density at radius 2 is 2.05 bits per heavy atom. The second-order valence-electron chi connectivity index (χ2n) is 6.10. The van der Waals surface area contributed by atoms with Gasteiger partial charge < -0.3 is 5.32 Å². The predicted octanol–water partition coefficient (Wildman–Crippen LogP) is 3.40. The second kappa shape index (κ2) is 4.65. The van der Waals surface area contributed by atoms with E-state index < -0.39 is 0 Å². The van der Waals surface area contributed by atoms with Crippen LogP contribution in [0, 0.1) is 0 Å². The van der Waals surface area contributed by atoms with Crippen LogP contribution < -0.4 is 5.32 Å². The summed E-state index contributed by atoms with van der Waals surface area (Å²) >= 11 is 0. The Kier molecular flexibility index (Phi) is 2.79. The van der Waals surface area contributed by atoms with Gasteiger partial charge in [0.05, 0.1) is 12.2 Å². The van der Waals surface area contributed by atoms with Crippen molar-refractivity contribution < 1.29 is 0 Å². The molecule has 0 saturated carbocycles. The molecule has 4 rings (SSSR count). The van der Waals surface area contributed by atoms with E-state index in [0.717, 1.165) is 6.42 Å². The van der Waals surface area contributed by atoms with Gasteiger partial charge in [-0.15, -0.1) is 0 Å². The van der Waals surface area contributed by atoms with Crippen LogP contribution in [-0.4, -0.2) is 9.78 Å². The molecule has 3 nitrogen and oxygen atoms in total. The minimum absolute atomic E-state index is 0.423. The first-order valence-corrected chi connectivity index (χ1v) is 7.70. The van der Waals surface area contributed by atoms with Crippen LogP contribution in [0.15, 0.2) is 24.4 Å². The summed E-state index contributed by atoms with van der Waals surface area (Å²) in [4.78, 5) is 0. The highest BCUT2D eigenvalue weighted by molar-refractivity contribution is 5.52. The van der Waals surface area contributed by atoms with Crippen molar-refractivity contribution in [1.29, 1.82) is 0 Å². The zero-order chi connectivity index (χ0) is 13.5. The van der Waals surface area contributed by atoms with Crippen LogP contribution in [0.5, 0.6) is 0 Å². The van der Waals surface area contributed by atoms with Crippen molar-refractivity contribution in [2.24, 2.45) is 7.05 Å². The van der Waals surface area contributed by atoms with E-state index >= 15 is 0 Å². The molecule has 0 radical (unpaired) electrons. The lowest BCUT2D eigenvalue weighted by Crippen LogP contribution is -2.17. The predicted molar refractivity (Wildman–Crippen MR) is 81.0 cm³/mol. The van der Waals surface area contributed by atoms with Crippen LogP contribution in [-0.2, 0) is 26.3 Å². The number of hydrogen-bond acceptors (Lipinski definition) is 2. The molecule has 0 aliphatic heterocycles. The zero-order valence-electron chi connectivity index (χ0n) is 12.0. The van der Waals surface area contributed by atoms with Gasteiger partial charge in [-0.25, -0.2) is 0 Å². The minimum Gasteiger partial charge on any atom is -0.378 e. The van der Waals surface area contributed by atoms with Crippen molar-refractivity contribution in [1.82, 2.24) is 9.78 Å². The highest BCUT2D eigenvalue weighted by atomic mass is 15.3.